The summed E-state index contributed by atoms with van der Waals surface area (Å²) in [5.41, 5.74) is -0.271. The van der Waals surface area contributed by atoms with Crippen LogP contribution in [0.1, 0.15) is 50.4 Å². The number of carbonyl (C=O) groups excluding carboxylic acids is 1. The summed E-state index contributed by atoms with van der Waals surface area (Å²) in [4.78, 5) is 25.8. The number of rotatable bonds is 2. The number of carbonyl (C=O) groups is 1. The third-order valence-electron chi connectivity index (χ3n) is 6.03. The van der Waals surface area contributed by atoms with Crippen molar-refractivity contribution in [2.75, 3.05) is 0 Å². The highest BCUT2D eigenvalue weighted by Crippen LogP contribution is 2.66. The molecule has 3 atom stereocenters. The number of pyridine rings is 1. The summed E-state index contributed by atoms with van der Waals surface area (Å²) in [6.45, 7) is 6.68. The lowest BCUT2D eigenvalue weighted by molar-refractivity contribution is -0.0243. The third-order valence-corrected chi connectivity index (χ3v) is 6.03. The molecule has 2 aliphatic carbocycles. The van der Waals surface area contributed by atoms with Gasteiger partial charge in [0.1, 0.15) is 6.10 Å². The van der Waals surface area contributed by atoms with Crippen LogP contribution in [0.5, 0.6) is 5.88 Å². The van der Waals surface area contributed by atoms with Gasteiger partial charge in [-0.05, 0) is 30.6 Å². The van der Waals surface area contributed by atoms with Crippen LogP contribution < -0.4 is 5.56 Å². The molecule has 5 heteroatoms. The first kappa shape index (κ1) is 14.2. The van der Waals surface area contributed by atoms with Gasteiger partial charge in [-0.3, -0.25) is 9.78 Å². The zero-order valence-electron chi connectivity index (χ0n) is 12.6. The molecule has 5 nitrogen and oxygen atoms in total. The number of H-pyrrole nitrogens is 1. The number of nitrogens with one attached hydrogen (secondary N) is 1. The van der Waals surface area contributed by atoms with E-state index in [2.05, 4.69) is 25.8 Å². The number of hydrogen-bond acceptors (Lipinski definition) is 4. The quantitative estimate of drug-likeness (QED) is 0.820. The molecule has 1 aromatic rings. The number of aromatic amines is 1. The summed E-state index contributed by atoms with van der Waals surface area (Å²) in [5, 5.41) is 9.38. The Morgan fingerprint density at radius 1 is 1.38 bits per heavy atom. The second-order valence-corrected chi connectivity index (χ2v) is 7.12. The van der Waals surface area contributed by atoms with Crippen molar-refractivity contribution in [1.82, 2.24) is 4.98 Å². The summed E-state index contributed by atoms with van der Waals surface area (Å²) in [7, 11) is 0. The first-order valence-electron chi connectivity index (χ1n) is 7.38. The SMILES string of the molecule is CC1(C)C2CCC1(C)C(OC(=O)c1cc(O)[nH]c(=O)c1)C2. The Morgan fingerprint density at radius 3 is 2.62 bits per heavy atom. The minimum atomic E-state index is -0.536. The molecular formula is C16H21NO4. The predicted octanol–water partition coefficient (Wildman–Crippen LogP) is 2.45. The fourth-order valence-electron chi connectivity index (χ4n) is 4.15. The Kier molecular flexibility index (Phi) is 2.94. The number of hydrogen-bond donors (Lipinski definition) is 2. The lowest BCUT2D eigenvalue weighted by atomic mass is 9.70. The van der Waals surface area contributed by atoms with Crippen LogP contribution in [0.4, 0.5) is 0 Å². The maximum atomic E-state index is 12.2. The van der Waals surface area contributed by atoms with E-state index in [0.29, 0.717) is 5.92 Å². The molecule has 2 aliphatic rings. The zero-order chi connectivity index (χ0) is 15.4. The largest absolute Gasteiger partial charge is 0.494 e. The molecule has 2 fully saturated rings. The second-order valence-electron chi connectivity index (χ2n) is 7.12. The minimum absolute atomic E-state index is 0.0173. The van der Waals surface area contributed by atoms with Crippen LogP contribution in [-0.2, 0) is 4.74 Å². The molecule has 1 heterocycles. The molecule has 0 aromatic carbocycles. The number of aromatic hydroxyl groups is 1. The standard InChI is InChI=1S/C16H21NO4/c1-15(2)10-4-5-16(15,3)11(8-10)21-14(20)9-6-12(18)17-13(19)7-9/h6-7,10-11H,4-5,8H2,1-3H3,(H2,17,18,19). The molecule has 0 amide bonds. The average Bonchev–Trinajstić information content (AvgIpc) is 2.70. The van der Waals surface area contributed by atoms with E-state index in [0.717, 1.165) is 18.9 Å². The van der Waals surface area contributed by atoms with Crippen LogP contribution >= 0.6 is 0 Å². The lowest BCUT2D eigenvalue weighted by Crippen LogP contribution is -2.38. The van der Waals surface area contributed by atoms with Gasteiger partial charge >= 0.3 is 5.97 Å². The highest BCUT2D eigenvalue weighted by molar-refractivity contribution is 5.89. The molecule has 114 valence electrons. The van der Waals surface area contributed by atoms with Crippen LogP contribution in [0.25, 0.3) is 0 Å². The molecule has 0 radical (unpaired) electrons. The summed E-state index contributed by atoms with van der Waals surface area (Å²) in [6, 6.07) is 2.38. The predicted molar refractivity (Wildman–Crippen MR) is 77.2 cm³/mol. The van der Waals surface area contributed by atoms with Gasteiger partial charge in [0.05, 0.1) is 5.56 Å². The first-order chi connectivity index (χ1) is 9.74. The number of ether oxygens (including phenoxy) is 1. The normalized spacial score (nSPS) is 33.1. The molecular weight excluding hydrogens is 270 g/mol. The molecule has 3 rings (SSSR count). The van der Waals surface area contributed by atoms with Gasteiger partial charge in [0.2, 0.25) is 0 Å². The molecule has 0 saturated heterocycles. The van der Waals surface area contributed by atoms with E-state index < -0.39 is 11.5 Å². The topological polar surface area (TPSA) is 79.4 Å². The van der Waals surface area contributed by atoms with Crippen LogP contribution in [0.2, 0.25) is 0 Å². The Hall–Kier alpha value is -1.78. The number of fused-ring (bicyclic) bond motifs is 2. The first-order valence-corrected chi connectivity index (χ1v) is 7.38. The van der Waals surface area contributed by atoms with E-state index in [1.807, 2.05) is 0 Å². The smallest absolute Gasteiger partial charge is 0.338 e. The summed E-state index contributed by atoms with van der Waals surface area (Å²) in [6.07, 6.45) is 3.00. The molecule has 0 aliphatic heterocycles. The van der Waals surface area contributed by atoms with Crippen LogP contribution in [0.3, 0.4) is 0 Å². The molecule has 2 bridgehead atoms. The van der Waals surface area contributed by atoms with E-state index in [-0.39, 0.29) is 28.4 Å². The number of esters is 1. The second kappa shape index (κ2) is 4.36. The van der Waals surface area contributed by atoms with E-state index in [1.54, 1.807) is 0 Å². The lowest BCUT2D eigenvalue weighted by Gasteiger charge is -2.38. The monoisotopic (exact) mass is 291 g/mol. The van der Waals surface area contributed by atoms with E-state index >= 15 is 0 Å². The third kappa shape index (κ3) is 1.98. The average molecular weight is 291 g/mol. The molecule has 2 N–H and O–H groups in total. The van der Waals surface area contributed by atoms with Gasteiger partial charge in [0.25, 0.3) is 5.56 Å². The Bertz CT molecular complexity index is 648. The summed E-state index contributed by atoms with van der Waals surface area (Å²) < 4.78 is 5.68. The molecule has 21 heavy (non-hydrogen) atoms. The Balaban J connectivity index is 1.82. The van der Waals surface area contributed by atoms with Crippen LogP contribution in [0, 0.1) is 16.7 Å². The Morgan fingerprint density at radius 2 is 2.10 bits per heavy atom. The van der Waals surface area contributed by atoms with Crippen molar-refractivity contribution in [3.05, 3.63) is 28.0 Å². The van der Waals surface area contributed by atoms with E-state index in [9.17, 15) is 14.7 Å². The molecule has 3 unspecified atom stereocenters. The van der Waals surface area contributed by atoms with E-state index in [1.165, 1.54) is 12.5 Å². The number of aromatic nitrogens is 1. The Labute approximate surface area is 123 Å². The van der Waals surface area contributed by atoms with Crippen molar-refractivity contribution in [2.45, 2.75) is 46.1 Å². The van der Waals surface area contributed by atoms with Gasteiger partial charge in [-0.25, -0.2) is 4.79 Å². The van der Waals surface area contributed by atoms with Gasteiger partial charge in [0, 0.05) is 17.5 Å². The van der Waals surface area contributed by atoms with Crippen molar-refractivity contribution in [3.63, 3.8) is 0 Å². The maximum absolute atomic E-state index is 12.2. The molecule has 1 aromatic heterocycles. The van der Waals surface area contributed by atoms with Crippen molar-refractivity contribution in [1.29, 1.82) is 0 Å². The van der Waals surface area contributed by atoms with Crippen LogP contribution in [-0.4, -0.2) is 22.2 Å². The van der Waals surface area contributed by atoms with Crippen molar-refractivity contribution < 1.29 is 14.6 Å². The fourth-order valence-corrected chi connectivity index (χ4v) is 4.15. The van der Waals surface area contributed by atoms with Crippen molar-refractivity contribution in [2.24, 2.45) is 16.7 Å². The van der Waals surface area contributed by atoms with E-state index in [4.69, 9.17) is 4.74 Å². The fraction of sp³-hybridized carbons (Fsp3) is 0.625. The minimum Gasteiger partial charge on any atom is -0.494 e. The molecule has 0 spiro atoms. The maximum Gasteiger partial charge on any atom is 0.338 e. The van der Waals surface area contributed by atoms with Gasteiger partial charge < -0.3 is 9.84 Å². The highest BCUT2D eigenvalue weighted by atomic mass is 16.5. The van der Waals surface area contributed by atoms with Crippen LogP contribution in [0.15, 0.2) is 16.9 Å². The van der Waals surface area contributed by atoms with Gasteiger partial charge in [0.15, 0.2) is 5.88 Å². The van der Waals surface area contributed by atoms with Gasteiger partial charge in [-0.1, -0.05) is 20.8 Å². The summed E-state index contributed by atoms with van der Waals surface area (Å²) in [5.74, 6) is -0.284. The highest BCUT2D eigenvalue weighted by Gasteiger charge is 2.62. The summed E-state index contributed by atoms with van der Waals surface area (Å²) >= 11 is 0. The van der Waals surface area contributed by atoms with Gasteiger partial charge in [-0.2, -0.15) is 0 Å². The van der Waals surface area contributed by atoms with Gasteiger partial charge in [-0.15, -0.1) is 0 Å². The van der Waals surface area contributed by atoms with Crippen molar-refractivity contribution in [3.8, 4) is 5.88 Å². The zero-order valence-corrected chi connectivity index (χ0v) is 12.6. The van der Waals surface area contributed by atoms with Crippen molar-refractivity contribution >= 4 is 5.97 Å². The molecule has 2 saturated carbocycles.